The molecule has 2 rings (SSSR count). The number of rotatable bonds is 6. The van der Waals surface area contributed by atoms with Crippen LogP contribution in [0.25, 0.3) is 0 Å². The molecule has 0 aliphatic heterocycles. The van der Waals surface area contributed by atoms with E-state index in [0.717, 1.165) is 12.1 Å². The Balaban J connectivity index is 1.74. The number of esters is 1. The third-order valence-electron chi connectivity index (χ3n) is 3.14. The lowest BCUT2D eigenvalue weighted by atomic mass is 10.3. The number of hydrogen-bond donors (Lipinski definition) is 2. The molecule has 2 N–H and O–H groups in total. The van der Waals surface area contributed by atoms with Crippen molar-refractivity contribution >= 4 is 23.5 Å². The summed E-state index contributed by atoms with van der Waals surface area (Å²) in [5.41, 5.74) is 0.331. The maximum Gasteiger partial charge on any atom is 0.355 e. The largest absolute Gasteiger partial charge is 0.451 e. The molecule has 0 atom stereocenters. The lowest BCUT2D eigenvalue weighted by Crippen LogP contribution is -2.35. The lowest BCUT2D eigenvalue weighted by molar-refractivity contribution is -0.126. The number of nitrogens with one attached hydrogen (secondary N) is 2. The van der Waals surface area contributed by atoms with Gasteiger partial charge in [0.1, 0.15) is 5.69 Å². The zero-order valence-electron chi connectivity index (χ0n) is 13.2. The fourth-order valence-electron chi connectivity index (χ4n) is 1.89. The number of amides is 2. The molecular weight excluding hydrogens is 336 g/mol. The molecule has 0 aliphatic rings. The van der Waals surface area contributed by atoms with Crippen LogP contribution < -0.4 is 10.6 Å². The van der Waals surface area contributed by atoms with E-state index >= 15 is 0 Å². The molecule has 1 aromatic carbocycles. The number of halogens is 2. The Bertz CT molecular complexity index is 804. The summed E-state index contributed by atoms with van der Waals surface area (Å²) in [4.78, 5) is 34.9. The van der Waals surface area contributed by atoms with Crippen molar-refractivity contribution in [1.82, 2.24) is 9.88 Å². The molecule has 25 heavy (non-hydrogen) atoms. The van der Waals surface area contributed by atoms with Crippen molar-refractivity contribution in [2.75, 3.05) is 18.5 Å². The van der Waals surface area contributed by atoms with E-state index in [0.29, 0.717) is 0 Å². The molecule has 2 aromatic rings. The average Bonchev–Trinajstić information content (AvgIpc) is 3.00. The standard InChI is InChI=1S/C16H15F2N3O4/c1-21-6-2-3-13(21)16(24)25-9-15(23)19-8-14(22)20-10-4-5-11(17)12(18)7-10/h2-7H,8-9H2,1H3,(H,19,23)(H,20,22). The van der Waals surface area contributed by atoms with Gasteiger partial charge in [0, 0.05) is 25.0 Å². The van der Waals surface area contributed by atoms with Crippen LogP contribution in [0.1, 0.15) is 10.5 Å². The van der Waals surface area contributed by atoms with E-state index in [1.807, 2.05) is 0 Å². The quantitative estimate of drug-likeness (QED) is 0.766. The van der Waals surface area contributed by atoms with Crippen molar-refractivity contribution in [2.45, 2.75) is 0 Å². The average molecular weight is 351 g/mol. The van der Waals surface area contributed by atoms with Crippen LogP contribution in [0.15, 0.2) is 36.5 Å². The number of ether oxygens (including phenoxy) is 1. The first kappa shape index (κ1) is 18.1. The summed E-state index contributed by atoms with van der Waals surface area (Å²) in [5, 5.41) is 4.53. The highest BCUT2D eigenvalue weighted by molar-refractivity contribution is 5.95. The third kappa shape index (κ3) is 5.13. The van der Waals surface area contributed by atoms with E-state index in [1.54, 1.807) is 19.3 Å². The minimum atomic E-state index is -1.10. The Morgan fingerprint density at radius 3 is 2.52 bits per heavy atom. The molecule has 9 heteroatoms. The molecule has 0 fully saturated rings. The summed E-state index contributed by atoms with van der Waals surface area (Å²) < 4.78 is 32.1. The molecule has 132 valence electrons. The molecule has 0 bridgehead atoms. The molecular formula is C16H15F2N3O4. The van der Waals surface area contributed by atoms with Gasteiger partial charge in [-0.25, -0.2) is 13.6 Å². The molecule has 1 aromatic heterocycles. The summed E-state index contributed by atoms with van der Waals surface area (Å²) in [6.07, 6.45) is 1.65. The fourth-order valence-corrected chi connectivity index (χ4v) is 1.89. The van der Waals surface area contributed by atoms with Crippen molar-refractivity contribution in [3.63, 3.8) is 0 Å². The van der Waals surface area contributed by atoms with Crippen molar-refractivity contribution in [2.24, 2.45) is 7.05 Å². The predicted molar refractivity (Wildman–Crippen MR) is 83.7 cm³/mol. The zero-order valence-corrected chi connectivity index (χ0v) is 13.2. The molecule has 1 heterocycles. The van der Waals surface area contributed by atoms with Crippen molar-refractivity contribution < 1.29 is 27.9 Å². The fraction of sp³-hybridized carbons (Fsp3) is 0.188. The highest BCUT2D eigenvalue weighted by Gasteiger charge is 2.13. The first-order valence-corrected chi connectivity index (χ1v) is 7.17. The SMILES string of the molecule is Cn1cccc1C(=O)OCC(=O)NCC(=O)Nc1ccc(F)c(F)c1. The number of carbonyl (C=O) groups is 3. The van der Waals surface area contributed by atoms with E-state index in [1.165, 1.54) is 16.7 Å². The van der Waals surface area contributed by atoms with Crippen LogP contribution in [0.5, 0.6) is 0 Å². The Hall–Kier alpha value is -3.23. The number of carbonyl (C=O) groups excluding carboxylic acids is 3. The van der Waals surface area contributed by atoms with Gasteiger partial charge >= 0.3 is 5.97 Å². The van der Waals surface area contributed by atoms with Crippen LogP contribution in [0.3, 0.4) is 0 Å². The Labute approximate surface area is 141 Å². The van der Waals surface area contributed by atoms with E-state index < -0.39 is 42.6 Å². The number of nitrogens with zero attached hydrogens (tertiary/aromatic N) is 1. The molecule has 0 unspecified atom stereocenters. The van der Waals surface area contributed by atoms with Crippen LogP contribution in [0, 0.1) is 11.6 Å². The Kier molecular flexibility index (Phi) is 5.83. The first-order chi connectivity index (χ1) is 11.9. The van der Waals surface area contributed by atoms with E-state index in [-0.39, 0.29) is 11.4 Å². The van der Waals surface area contributed by atoms with Gasteiger partial charge < -0.3 is 19.9 Å². The smallest absolute Gasteiger partial charge is 0.355 e. The summed E-state index contributed by atoms with van der Waals surface area (Å²) in [6.45, 7) is -0.970. The molecule has 0 aliphatic carbocycles. The number of hydrogen-bond acceptors (Lipinski definition) is 4. The normalized spacial score (nSPS) is 10.2. The maximum absolute atomic E-state index is 13.0. The second-order valence-electron chi connectivity index (χ2n) is 5.03. The number of aromatic nitrogens is 1. The topological polar surface area (TPSA) is 89.4 Å². The Morgan fingerprint density at radius 2 is 1.88 bits per heavy atom. The number of aryl methyl sites for hydroxylation is 1. The van der Waals surface area contributed by atoms with Gasteiger partial charge in [0.25, 0.3) is 5.91 Å². The third-order valence-corrected chi connectivity index (χ3v) is 3.14. The van der Waals surface area contributed by atoms with Gasteiger partial charge in [0.15, 0.2) is 18.2 Å². The van der Waals surface area contributed by atoms with Crippen LogP contribution in [0.2, 0.25) is 0 Å². The van der Waals surface area contributed by atoms with Gasteiger partial charge in [0.2, 0.25) is 5.91 Å². The van der Waals surface area contributed by atoms with Gasteiger partial charge in [-0.1, -0.05) is 0 Å². The van der Waals surface area contributed by atoms with Crippen LogP contribution in [-0.4, -0.2) is 35.5 Å². The summed E-state index contributed by atoms with van der Waals surface area (Å²) in [7, 11) is 1.65. The minimum absolute atomic E-state index is 0.0493. The number of benzene rings is 1. The lowest BCUT2D eigenvalue weighted by Gasteiger charge is -2.08. The number of anilines is 1. The maximum atomic E-state index is 13.0. The van der Waals surface area contributed by atoms with Gasteiger partial charge in [0.05, 0.1) is 6.54 Å². The highest BCUT2D eigenvalue weighted by Crippen LogP contribution is 2.12. The van der Waals surface area contributed by atoms with Gasteiger partial charge in [-0.3, -0.25) is 9.59 Å². The van der Waals surface area contributed by atoms with Crippen LogP contribution in [0.4, 0.5) is 14.5 Å². The van der Waals surface area contributed by atoms with Crippen LogP contribution >= 0.6 is 0 Å². The summed E-state index contributed by atoms with van der Waals surface area (Å²) >= 11 is 0. The van der Waals surface area contributed by atoms with E-state index in [4.69, 9.17) is 4.74 Å². The molecule has 0 spiro atoms. The van der Waals surface area contributed by atoms with Crippen molar-refractivity contribution in [3.8, 4) is 0 Å². The van der Waals surface area contributed by atoms with Crippen molar-refractivity contribution in [1.29, 1.82) is 0 Å². The van der Waals surface area contributed by atoms with Gasteiger partial charge in [-0.15, -0.1) is 0 Å². The highest BCUT2D eigenvalue weighted by atomic mass is 19.2. The van der Waals surface area contributed by atoms with E-state index in [2.05, 4.69) is 10.6 Å². The monoisotopic (exact) mass is 351 g/mol. The van der Waals surface area contributed by atoms with E-state index in [9.17, 15) is 23.2 Å². The second kappa shape index (κ2) is 8.04. The zero-order chi connectivity index (χ0) is 18.4. The summed E-state index contributed by atoms with van der Waals surface area (Å²) in [6, 6.07) is 6.05. The van der Waals surface area contributed by atoms with Crippen molar-refractivity contribution in [3.05, 3.63) is 53.9 Å². The predicted octanol–water partition coefficient (Wildman–Crippen LogP) is 1.21. The first-order valence-electron chi connectivity index (χ1n) is 7.17. The minimum Gasteiger partial charge on any atom is -0.451 e. The van der Waals surface area contributed by atoms with Crippen LogP contribution in [-0.2, 0) is 21.4 Å². The molecule has 0 radical (unpaired) electrons. The van der Waals surface area contributed by atoms with Gasteiger partial charge in [-0.2, -0.15) is 0 Å². The molecule has 0 saturated heterocycles. The molecule has 0 saturated carbocycles. The Morgan fingerprint density at radius 1 is 1.12 bits per heavy atom. The summed E-state index contributed by atoms with van der Waals surface area (Å²) in [5.74, 6) is -4.13. The second-order valence-corrected chi connectivity index (χ2v) is 5.03. The molecule has 2 amide bonds. The molecule has 7 nitrogen and oxygen atoms in total. The van der Waals surface area contributed by atoms with Gasteiger partial charge in [-0.05, 0) is 24.3 Å².